The highest BCUT2D eigenvalue weighted by atomic mass is 16.2. The van der Waals surface area contributed by atoms with E-state index < -0.39 is 0 Å². The van der Waals surface area contributed by atoms with Crippen LogP contribution in [-0.2, 0) is 4.79 Å². The van der Waals surface area contributed by atoms with E-state index in [4.69, 9.17) is 4.98 Å². The number of fused-ring (bicyclic) bond motifs is 1. The van der Waals surface area contributed by atoms with Crippen molar-refractivity contribution in [3.63, 3.8) is 0 Å². The van der Waals surface area contributed by atoms with Gasteiger partial charge in [0.25, 0.3) is 5.56 Å². The van der Waals surface area contributed by atoms with Crippen LogP contribution in [0, 0.1) is 13.8 Å². The number of hydrogen-bond acceptors (Lipinski definition) is 3. The van der Waals surface area contributed by atoms with Gasteiger partial charge < -0.3 is 4.90 Å². The Bertz CT molecular complexity index is 1150. The lowest BCUT2D eigenvalue weighted by atomic mass is 10.1. The molecule has 2 aromatic carbocycles. The van der Waals surface area contributed by atoms with Crippen LogP contribution in [0.3, 0.4) is 0 Å². The number of aromatic nitrogens is 2. The summed E-state index contributed by atoms with van der Waals surface area (Å²) in [6.45, 7) is 11.0. The molecule has 0 aliphatic rings. The quantitative estimate of drug-likeness (QED) is 0.423. The molecule has 0 aliphatic heterocycles. The molecule has 1 amide bonds. The summed E-state index contributed by atoms with van der Waals surface area (Å²) < 4.78 is 1.72. The molecule has 3 aromatic rings. The second kappa shape index (κ2) is 10.6. The topological polar surface area (TPSA) is 55.2 Å². The maximum Gasteiger partial charge on any atom is 0.266 e. The van der Waals surface area contributed by atoms with Crippen LogP contribution in [0.25, 0.3) is 16.6 Å². The van der Waals surface area contributed by atoms with Crippen LogP contribution in [0.4, 0.5) is 0 Å². The molecular formula is C27H35N3O2. The van der Waals surface area contributed by atoms with Gasteiger partial charge in [0.15, 0.2) is 0 Å². The fourth-order valence-corrected chi connectivity index (χ4v) is 4.20. The lowest BCUT2D eigenvalue weighted by molar-refractivity contribution is -0.134. The Morgan fingerprint density at radius 1 is 1.03 bits per heavy atom. The molecule has 1 heterocycles. The van der Waals surface area contributed by atoms with Crippen LogP contribution in [0.5, 0.6) is 0 Å². The highest BCUT2D eigenvalue weighted by Gasteiger charge is 2.28. The molecule has 5 heteroatoms. The molecule has 0 saturated heterocycles. The summed E-state index contributed by atoms with van der Waals surface area (Å²) in [6, 6.07) is 13.2. The molecule has 32 heavy (non-hydrogen) atoms. The molecule has 0 bridgehead atoms. The second-order valence-electron chi connectivity index (χ2n) is 8.51. The third kappa shape index (κ3) is 4.77. The molecule has 0 spiro atoms. The van der Waals surface area contributed by atoms with Crippen molar-refractivity contribution in [2.75, 3.05) is 6.54 Å². The van der Waals surface area contributed by atoms with Crippen molar-refractivity contribution >= 4 is 16.8 Å². The number of unbranched alkanes of at least 4 members (excludes halogenated alkanes) is 1. The van der Waals surface area contributed by atoms with E-state index in [2.05, 4.69) is 27.7 Å². The standard InChI is InChI=1S/C27H35N3O2/c1-6-9-14-25(31)29(17-7-2)24(8-3)26-28-23-13-11-10-12-22(23)27(32)30(26)21-16-15-19(4)20(5)18-21/h10-13,15-16,18,24H,6-9,14,17H2,1-5H3. The third-order valence-corrected chi connectivity index (χ3v) is 6.14. The van der Waals surface area contributed by atoms with Gasteiger partial charge in [0.2, 0.25) is 5.91 Å². The monoisotopic (exact) mass is 433 g/mol. The molecule has 3 rings (SSSR count). The number of aryl methyl sites for hydroxylation is 2. The number of amides is 1. The SMILES string of the molecule is CCCCC(=O)N(CCC)C(CC)c1nc2ccccc2c(=O)n1-c1ccc(C)c(C)c1. The Labute approximate surface area is 191 Å². The minimum absolute atomic E-state index is 0.0928. The number of rotatable bonds is 9. The zero-order valence-corrected chi connectivity index (χ0v) is 20.0. The zero-order valence-electron chi connectivity index (χ0n) is 20.0. The van der Waals surface area contributed by atoms with Crippen LogP contribution >= 0.6 is 0 Å². The van der Waals surface area contributed by atoms with Gasteiger partial charge in [-0.15, -0.1) is 0 Å². The summed E-state index contributed by atoms with van der Waals surface area (Å²) in [5, 5.41) is 0.587. The van der Waals surface area contributed by atoms with Gasteiger partial charge in [-0.05, 0) is 68.5 Å². The van der Waals surface area contributed by atoms with E-state index in [1.165, 1.54) is 5.56 Å². The Morgan fingerprint density at radius 3 is 2.44 bits per heavy atom. The van der Waals surface area contributed by atoms with E-state index in [9.17, 15) is 9.59 Å². The number of carbonyl (C=O) groups is 1. The Balaban J connectivity index is 2.27. The summed E-state index contributed by atoms with van der Waals surface area (Å²) in [5.41, 5.74) is 3.66. The van der Waals surface area contributed by atoms with Crippen LogP contribution in [0.2, 0.25) is 0 Å². The predicted octanol–water partition coefficient (Wildman–Crippen LogP) is 5.88. The molecule has 170 valence electrons. The molecule has 1 unspecified atom stereocenters. The van der Waals surface area contributed by atoms with Crippen molar-refractivity contribution in [3.05, 3.63) is 69.8 Å². The second-order valence-corrected chi connectivity index (χ2v) is 8.51. The van der Waals surface area contributed by atoms with Gasteiger partial charge >= 0.3 is 0 Å². The van der Waals surface area contributed by atoms with Crippen molar-refractivity contribution in [1.82, 2.24) is 14.5 Å². The predicted molar refractivity (Wildman–Crippen MR) is 131 cm³/mol. The number of carbonyl (C=O) groups excluding carboxylic acids is 1. The van der Waals surface area contributed by atoms with E-state index in [0.29, 0.717) is 36.1 Å². The first-order valence-electron chi connectivity index (χ1n) is 11.8. The smallest absolute Gasteiger partial charge is 0.266 e. The fraction of sp³-hybridized carbons (Fsp3) is 0.444. The summed E-state index contributed by atoms with van der Waals surface area (Å²) >= 11 is 0. The maximum absolute atomic E-state index is 13.7. The summed E-state index contributed by atoms with van der Waals surface area (Å²) in [5.74, 6) is 0.771. The molecule has 0 fully saturated rings. The zero-order chi connectivity index (χ0) is 23.3. The van der Waals surface area contributed by atoms with E-state index in [1.54, 1.807) is 4.57 Å². The van der Waals surface area contributed by atoms with Crippen LogP contribution in [0.1, 0.15) is 75.9 Å². The first-order chi connectivity index (χ1) is 15.4. The Kier molecular flexibility index (Phi) is 7.84. The van der Waals surface area contributed by atoms with Crippen LogP contribution in [-0.4, -0.2) is 26.9 Å². The lowest BCUT2D eigenvalue weighted by Crippen LogP contribution is -2.39. The van der Waals surface area contributed by atoms with Crippen molar-refractivity contribution in [3.8, 4) is 5.69 Å². The minimum Gasteiger partial charge on any atom is -0.333 e. The van der Waals surface area contributed by atoms with E-state index in [0.717, 1.165) is 30.5 Å². The van der Waals surface area contributed by atoms with Crippen LogP contribution in [0.15, 0.2) is 47.3 Å². The van der Waals surface area contributed by atoms with Gasteiger partial charge in [-0.3, -0.25) is 14.2 Å². The lowest BCUT2D eigenvalue weighted by Gasteiger charge is -2.32. The summed E-state index contributed by atoms with van der Waals surface area (Å²) in [7, 11) is 0. The van der Waals surface area contributed by atoms with Crippen molar-refractivity contribution < 1.29 is 4.79 Å². The third-order valence-electron chi connectivity index (χ3n) is 6.14. The molecule has 0 radical (unpaired) electrons. The van der Waals surface area contributed by atoms with Gasteiger partial charge in [-0.2, -0.15) is 0 Å². The maximum atomic E-state index is 13.7. The van der Waals surface area contributed by atoms with Gasteiger partial charge in [-0.1, -0.05) is 45.4 Å². The Hall–Kier alpha value is -2.95. The largest absolute Gasteiger partial charge is 0.333 e. The number of para-hydroxylation sites is 1. The molecule has 0 saturated carbocycles. The highest BCUT2D eigenvalue weighted by molar-refractivity contribution is 5.79. The number of hydrogen-bond donors (Lipinski definition) is 0. The van der Waals surface area contributed by atoms with E-state index >= 15 is 0 Å². The first kappa shape index (κ1) is 23.7. The van der Waals surface area contributed by atoms with Gasteiger partial charge in [0.05, 0.1) is 22.6 Å². The molecule has 5 nitrogen and oxygen atoms in total. The van der Waals surface area contributed by atoms with Crippen molar-refractivity contribution in [1.29, 1.82) is 0 Å². The number of benzene rings is 2. The number of nitrogens with zero attached hydrogens (tertiary/aromatic N) is 3. The first-order valence-corrected chi connectivity index (χ1v) is 11.8. The molecule has 0 aliphatic carbocycles. The van der Waals surface area contributed by atoms with Crippen LogP contribution < -0.4 is 5.56 Å². The van der Waals surface area contributed by atoms with Gasteiger partial charge in [0, 0.05) is 13.0 Å². The fourth-order valence-electron chi connectivity index (χ4n) is 4.20. The van der Waals surface area contributed by atoms with Gasteiger partial charge in [-0.25, -0.2) is 4.98 Å². The normalized spacial score (nSPS) is 12.2. The van der Waals surface area contributed by atoms with Crippen molar-refractivity contribution in [2.45, 2.75) is 72.8 Å². The molecular weight excluding hydrogens is 398 g/mol. The summed E-state index contributed by atoms with van der Waals surface area (Å²) in [6.07, 6.45) is 3.91. The molecule has 1 aromatic heterocycles. The van der Waals surface area contributed by atoms with Crippen molar-refractivity contribution in [2.24, 2.45) is 0 Å². The molecule has 0 N–H and O–H groups in total. The van der Waals surface area contributed by atoms with E-state index in [1.807, 2.05) is 54.3 Å². The average Bonchev–Trinajstić information content (AvgIpc) is 2.79. The molecule has 1 atom stereocenters. The van der Waals surface area contributed by atoms with E-state index in [-0.39, 0.29) is 17.5 Å². The minimum atomic E-state index is -0.266. The Morgan fingerprint density at radius 2 is 1.78 bits per heavy atom. The highest BCUT2D eigenvalue weighted by Crippen LogP contribution is 2.27. The average molecular weight is 434 g/mol. The van der Waals surface area contributed by atoms with Gasteiger partial charge in [0.1, 0.15) is 5.82 Å². The summed E-state index contributed by atoms with van der Waals surface area (Å²) in [4.78, 5) is 33.8.